The topological polar surface area (TPSA) is 43.3 Å². The van der Waals surface area contributed by atoms with Gasteiger partial charge in [0.05, 0.1) is 11.8 Å². The Hall–Kier alpha value is -2.70. The summed E-state index contributed by atoms with van der Waals surface area (Å²) < 4.78 is 17.3. The van der Waals surface area contributed by atoms with Crippen LogP contribution >= 0.6 is 22.9 Å². The minimum absolute atomic E-state index is 0.0766. The quantitative estimate of drug-likeness (QED) is 0.569. The number of ether oxygens (including phenoxy) is 3. The fourth-order valence-corrected chi connectivity index (χ4v) is 4.79. The zero-order valence-corrected chi connectivity index (χ0v) is 16.2. The Kier molecular flexibility index (Phi) is 3.58. The fourth-order valence-electron chi connectivity index (χ4n) is 3.94. The summed E-state index contributed by atoms with van der Waals surface area (Å²) >= 11 is 7.94. The van der Waals surface area contributed by atoms with Crippen LogP contribution in [0.5, 0.6) is 17.2 Å². The van der Waals surface area contributed by atoms with E-state index in [-0.39, 0.29) is 19.1 Å². The molecule has 3 aromatic rings. The molecule has 1 aromatic heterocycles. The van der Waals surface area contributed by atoms with Gasteiger partial charge in [-0.25, -0.2) is 5.01 Å². The first kappa shape index (κ1) is 16.3. The lowest BCUT2D eigenvalue weighted by Crippen LogP contribution is -2.33. The van der Waals surface area contributed by atoms with Crippen LogP contribution in [-0.2, 0) is 0 Å². The molecule has 0 N–H and O–H groups in total. The van der Waals surface area contributed by atoms with Gasteiger partial charge in [-0.3, -0.25) is 0 Å². The molecule has 0 bridgehead atoms. The highest BCUT2D eigenvalue weighted by atomic mass is 35.5. The van der Waals surface area contributed by atoms with Crippen molar-refractivity contribution in [2.45, 2.75) is 18.7 Å². The van der Waals surface area contributed by atoms with Gasteiger partial charge < -0.3 is 14.2 Å². The van der Waals surface area contributed by atoms with Crippen molar-refractivity contribution in [2.24, 2.45) is 5.10 Å². The molecule has 5 nitrogen and oxygen atoms in total. The van der Waals surface area contributed by atoms with Crippen molar-refractivity contribution in [3.8, 4) is 17.2 Å². The van der Waals surface area contributed by atoms with E-state index in [0.29, 0.717) is 5.02 Å². The molecule has 140 valence electrons. The fraction of sp³-hybridized carbons (Fsp3) is 0.190. The molecular formula is C21H15ClN2O3S. The standard InChI is InChI=1S/C21H15ClN2O3S/c22-14-2-4-18-15(8-14)17-9-16(12-1-3-19-20(7-12)26-11-25-19)23-24(17)21(27-18)13-5-6-28-10-13/h1-8,10,17,21H,9,11H2/t17-,21-/m0/s1. The summed E-state index contributed by atoms with van der Waals surface area (Å²) in [7, 11) is 0. The molecular weight excluding hydrogens is 396 g/mol. The predicted molar refractivity (Wildman–Crippen MR) is 107 cm³/mol. The monoisotopic (exact) mass is 410 g/mol. The third kappa shape index (κ3) is 2.48. The van der Waals surface area contributed by atoms with E-state index >= 15 is 0 Å². The molecule has 0 amide bonds. The number of nitrogens with zero attached hydrogens (tertiary/aromatic N) is 2. The van der Waals surface area contributed by atoms with Crippen molar-refractivity contribution in [1.29, 1.82) is 0 Å². The first-order valence-corrected chi connectivity index (χ1v) is 10.3. The van der Waals surface area contributed by atoms with Crippen LogP contribution < -0.4 is 14.2 Å². The van der Waals surface area contributed by atoms with Gasteiger partial charge in [0.15, 0.2) is 11.5 Å². The molecule has 7 heteroatoms. The summed E-state index contributed by atoms with van der Waals surface area (Å²) in [6.45, 7) is 0.264. The van der Waals surface area contributed by atoms with Crippen LogP contribution in [-0.4, -0.2) is 17.5 Å². The van der Waals surface area contributed by atoms with Gasteiger partial charge in [-0.1, -0.05) is 11.6 Å². The molecule has 0 aliphatic carbocycles. The largest absolute Gasteiger partial charge is 0.464 e. The smallest absolute Gasteiger partial charge is 0.231 e. The van der Waals surface area contributed by atoms with Crippen molar-refractivity contribution >= 4 is 28.6 Å². The predicted octanol–water partition coefficient (Wildman–Crippen LogP) is 5.37. The summed E-state index contributed by atoms with van der Waals surface area (Å²) in [5.74, 6) is 2.40. The van der Waals surface area contributed by atoms with Crippen LogP contribution in [0.2, 0.25) is 5.02 Å². The van der Waals surface area contributed by atoms with Gasteiger partial charge in [0, 0.05) is 28.1 Å². The molecule has 3 aliphatic rings. The highest BCUT2D eigenvalue weighted by Crippen LogP contribution is 2.48. The summed E-state index contributed by atoms with van der Waals surface area (Å²) in [4.78, 5) is 0. The van der Waals surface area contributed by atoms with E-state index in [4.69, 9.17) is 30.9 Å². The third-order valence-electron chi connectivity index (χ3n) is 5.29. The average molecular weight is 411 g/mol. The highest BCUT2D eigenvalue weighted by molar-refractivity contribution is 7.07. The Labute approximate surface area is 170 Å². The van der Waals surface area contributed by atoms with Crippen molar-refractivity contribution in [3.05, 3.63) is 74.9 Å². The Morgan fingerprint density at radius 2 is 1.93 bits per heavy atom. The molecule has 0 spiro atoms. The minimum atomic E-state index is -0.253. The molecule has 3 aliphatic heterocycles. The average Bonchev–Trinajstić information content (AvgIpc) is 3.46. The zero-order chi connectivity index (χ0) is 18.7. The van der Waals surface area contributed by atoms with E-state index < -0.39 is 0 Å². The summed E-state index contributed by atoms with van der Waals surface area (Å²) in [5, 5.41) is 11.9. The number of halogens is 1. The van der Waals surface area contributed by atoms with Crippen LogP contribution in [0.4, 0.5) is 0 Å². The van der Waals surface area contributed by atoms with Gasteiger partial charge in [0.2, 0.25) is 13.0 Å². The molecule has 28 heavy (non-hydrogen) atoms. The van der Waals surface area contributed by atoms with E-state index in [1.54, 1.807) is 11.3 Å². The second kappa shape index (κ2) is 6.15. The Morgan fingerprint density at radius 3 is 2.82 bits per heavy atom. The highest BCUT2D eigenvalue weighted by Gasteiger charge is 2.41. The van der Waals surface area contributed by atoms with Crippen LogP contribution in [0.1, 0.15) is 35.4 Å². The molecule has 0 saturated carbocycles. The molecule has 2 atom stereocenters. The lowest BCUT2D eigenvalue weighted by Gasteiger charge is -2.37. The van der Waals surface area contributed by atoms with Crippen LogP contribution in [0, 0.1) is 0 Å². The molecule has 0 fully saturated rings. The number of hydrogen-bond donors (Lipinski definition) is 0. The van der Waals surface area contributed by atoms with E-state index in [0.717, 1.165) is 46.1 Å². The SMILES string of the molecule is Clc1ccc2c(c1)[C@@H]1CC(c3ccc4c(c3)OCO4)=NN1[C@H](c1ccsc1)O2. The van der Waals surface area contributed by atoms with Gasteiger partial charge in [0.1, 0.15) is 5.75 Å². The van der Waals surface area contributed by atoms with Gasteiger partial charge in [0.25, 0.3) is 0 Å². The third-order valence-corrected chi connectivity index (χ3v) is 6.22. The van der Waals surface area contributed by atoms with Gasteiger partial charge >= 0.3 is 0 Å². The molecule has 2 aromatic carbocycles. The minimum Gasteiger partial charge on any atom is -0.464 e. The number of benzene rings is 2. The molecule has 0 saturated heterocycles. The maximum atomic E-state index is 6.33. The molecule has 0 radical (unpaired) electrons. The van der Waals surface area contributed by atoms with Crippen molar-refractivity contribution in [1.82, 2.24) is 5.01 Å². The lowest BCUT2D eigenvalue weighted by atomic mass is 9.96. The van der Waals surface area contributed by atoms with Crippen LogP contribution in [0.15, 0.2) is 58.3 Å². The van der Waals surface area contributed by atoms with Gasteiger partial charge in [-0.15, -0.1) is 0 Å². The zero-order valence-electron chi connectivity index (χ0n) is 14.7. The van der Waals surface area contributed by atoms with Gasteiger partial charge in [-0.05, 0) is 53.2 Å². The lowest BCUT2D eigenvalue weighted by molar-refractivity contribution is -0.0187. The summed E-state index contributed by atoms with van der Waals surface area (Å²) in [6, 6.07) is 13.9. The summed E-state index contributed by atoms with van der Waals surface area (Å²) in [5.41, 5.74) is 4.20. The number of rotatable bonds is 2. The maximum Gasteiger partial charge on any atom is 0.231 e. The Morgan fingerprint density at radius 1 is 1.04 bits per heavy atom. The molecule has 4 heterocycles. The van der Waals surface area contributed by atoms with Crippen molar-refractivity contribution in [3.63, 3.8) is 0 Å². The molecule has 0 unspecified atom stereocenters. The Bertz CT molecular complexity index is 1100. The first-order valence-electron chi connectivity index (χ1n) is 9.00. The van der Waals surface area contributed by atoms with E-state index in [9.17, 15) is 0 Å². The normalized spacial score (nSPS) is 21.8. The van der Waals surface area contributed by atoms with Gasteiger partial charge in [-0.2, -0.15) is 16.4 Å². The van der Waals surface area contributed by atoms with Crippen LogP contribution in [0.3, 0.4) is 0 Å². The van der Waals surface area contributed by atoms with E-state index in [2.05, 4.69) is 21.8 Å². The second-order valence-corrected chi connectivity index (χ2v) is 8.14. The first-order chi connectivity index (χ1) is 13.8. The van der Waals surface area contributed by atoms with Crippen molar-refractivity contribution in [2.75, 3.05) is 6.79 Å². The second-order valence-electron chi connectivity index (χ2n) is 6.92. The van der Waals surface area contributed by atoms with Crippen LogP contribution in [0.25, 0.3) is 0 Å². The molecule has 6 rings (SSSR count). The Balaban J connectivity index is 1.44. The maximum absolute atomic E-state index is 6.33. The number of hydrogen-bond acceptors (Lipinski definition) is 6. The van der Waals surface area contributed by atoms with E-state index in [1.807, 2.05) is 36.4 Å². The van der Waals surface area contributed by atoms with E-state index in [1.165, 1.54) is 0 Å². The number of thiophene rings is 1. The van der Waals surface area contributed by atoms with Crippen molar-refractivity contribution < 1.29 is 14.2 Å². The summed E-state index contributed by atoms with van der Waals surface area (Å²) in [6.07, 6.45) is 0.521. The number of hydrazone groups is 1. The number of fused-ring (bicyclic) bond motifs is 4.